The normalized spacial score (nSPS) is 18.0. The highest BCUT2D eigenvalue weighted by Gasteiger charge is 2.21. The number of ether oxygens (including phenoxy) is 1. The Bertz CT molecular complexity index is 725. The Hall–Kier alpha value is -1.85. The molecule has 1 aromatic heterocycles. The Labute approximate surface area is 170 Å². The van der Waals surface area contributed by atoms with Crippen LogP contribution < -0.4 is 4.74 Å². The summed E-state index contributed by atoms with van der Waals surface area (Å²) in [7, 11) is 3.97. The monoisotopic (exact) mass is 384 g/mol. The summed E-state index contributed by atoms with van der Waals surface area (Å²) in [6, 6.07) is 8.50. The van der Waals surface area contributed by atoms with E-state index in [1.54, 1.807) is 7.11 Å². The van der Waals surface area contributed by atoms with Gasteiger partial charge in [0.05, 0.1) is 12.8 Å². The van der Waals surface area contributed by atoms with Crippen molar-refractivity contribution in [3.63, 3.8) is 0 Å². The highest BCUT2D eigenvalue weighted by Crippen LogP contribution is 2.20. The molecular weight excluding hydrogens is 348 g/mol. The highest BCUT2D eigenvalue weighted by molar-refractivity contribution is 5.27. The maximum absolute atomic E-state index is 5.25. The number of rotatable bonds is 9. The van der Waals surface area contributed by atoms with Crippen molar-refractivity contribution < 1.29 is 4.74 Å². The van der Waals surface area contributed by atoms with Gasteiger partial charge in [0.2, 0.25) is 0 Å². The number of methoxy groups -OCH3 is 1. The lowest BCUT2D eigenvalue weighted by Gasteiger charge is -2.34. The number of aryl methyl sites for hydroxylation is 2. The molecule has 1 aliphatic heterocycles. The van der Waals surface area contributed by atoms with Gasteiger partial charge in [-0.25, -0.2) is 0 Å². The van der Waals surface area contributed by atoms with Crippen LogP contribution in [0.3, 0.4) is 0 Å². The van der Waals surface area contributed by atoms with Gasteiger partial charge in [0.25, 0.3) is 0 Å². The summed E-state index contributed by atoms with van der Waals surface area (Å²) in [4.78, 5) is 5.12. The van der Waals surface area contributed by atoms with Crippen molar-refractivity contribution in [2.45, 2.75) is 46.2 Å². The molecule has 1 aromatic carbocycles. The zero-order valence-electron chi connectivity index (χ0n) is 18.0. The topological polar surface area (TPSA) is 33.5 Å². The third kappa shape index (κ3) is 5.82. The van der Waals surface area contributed by atoms with Crippen molar-refractivity contribution >= 4 is 0 Å². The van der Waals surface area contributed by atoms with Crippen molar-refractivity contribution in [1.29, 1.82) is 0 Å². The van der Waals surface area contributed by atoms with Gasteiger partial charge < -0.3 is 14.5 Å². The molecule has 28 heavy (non-hydrogen) atoms. The molecule has 0 aliphatic carbocycles. The summed E-state index contributed by atoms with van der Waals surface area (Å²) in [5.41, 5.74) is 3.92. The Balaban J connectivity index is 1.45. The summed E-state index contributed by atoms with van der Waals surface area (Å²) < 4.78 is 7.29. The number of aromatic nitrogens is 2. The molecule has 5 heteroatoms. The van der Waals surface area contributed by atoms with E-state index in [2.05, 4.69) is 66.3 Å². The van der Waals surface area contributed by atoms with Crippen molar-refractivity contribution in [3.8, 4) is 5.75 Å². The molecule has 0 unspecified atom stereocenters. The van der Waals surface area contributed by atoms with Crippen LogP contribution in [0.1, 0.15) is 36.6 Å². The average Bonchev–Trinajstić information content (AvgIpc) is 3.06. The number of piperidine rings is 1. The van der Waals surface area contributed by atoms with Crippen LogP contribution in [0.25, 0.3) is 0 Å². The summed E-state index contributed by atoms with van der Waals surface area (Å²) >= 11 is 0. The molecule has 154 valence electrons. The lowest BCUT2D eigenvalue weighted by Crippen LogP contribution is -2.40. The van der Waals surface area contributed by atoms with Crippen molar-refractivity contribution in [2.24, 2.45) is 5.92 Å². The second-order valence-corrected chi connectivity index (χ2v) is 8.20. The van der Waals surface area contributed by atoms with Crippen LogP contribution in [0.2, 0.25) is 0 Å². The zero-order chi connectivity index (χ0) is 19.9. The first-order chi connectivity index (χ1) is 13.6. The molecule has 0 radical (unpaired) electrons. The molecule has 0 N–H and O–H groups in total. The van der Waals surface area contributed by atoms with E-state index in [0.717, 1.165) is 44.3 Å². The van der Waals surface area contributed by atoms with Gasteiger partial charge in [-0.3, -0.25) is 4.68 Å². The second kappa shape index (κ2) is 10.1. The maximum Gasteiger partial charge on any atom is 0.118 e. The Morgan fingerprint density at radius 1 is 1.25 bits per heavy atom. The van der Waals surface area contributed by atoms with Crippen molar-refractivity contribution in [2.75, 3.05) is 40.3 Å². The van der Waals surface area contributed by atoms with Gasteiger partial charge in [-0.15, -0.1) is 0 Å². The number of nitrogens with zero attached hydrogens (tertiary/aromatic N) is 4. The fourth-order valence-electron chi connectivity index (χ4n) is 4.26. The molecule has 5 nitrogen and oxygen atoms in total. The van der Waals surface area contributed by atoms with E-state index in [0.29, 0.717) is 0 Å². The van der Waals surface area contributed by atoms with E-state index >= 15 is 0 Å². The highest BCUT2D eigenvalue weighted by atomic mass is 16.5. The quantitative estimate of drug-likeness (QED) is 0.661. The molecule has 1 aliphatic rings. The minimum absolute atomic E-state index is 0.760. The van der Waals surface area contributed by atoms with Crippen molar-refractivity contribution in [1.82, 2.24) is 19.6 Å². The fourth-order valence-corrected chi connectivity index (χ4v) is 4.26. The van der Waals surface area contributed by atoms with Gasteiger partial charge in [-0.05, 0) is 70.3 Å². The second-order valence-electron chi connectivity index (χ2n) is 8.20. The lowest BCUT2D eigenvalue weighted by molar-refractivity contribution is 0.142. The predicted molar refractivity (Wildman–Crippen MR) is 115 cm³/mol. The number of likely N-dealkylation sites (tertiary alicyclic amines) is 1. The number of benzene rings is 1. The van der Waals surface area contributed by atoms with Gasteiger partial charge >= 0.3 is 0 Å². The zero-order valence-corrected chi connectivity index (χ0v) is 18.0. The first-order valence-corrected chi connectivity index (χ1v) is 10.6. The fraction of sp³-hybridized carbons (Fsp3) is 0.609. The molecule has 0 spiro atoms. The Kier molecular flexibility index (Phi) is 7.51. The van der Waals surface area contributed by atoms with E-state index < -0.39 is 0 Å². The van der Waals surface area contributed by atoms with Crippen LogP contribution in [0.4, 0.5) is 0 Å². The molecule has 2 aromatic rings. The number of hydrogen-bond donors (Lipinski definition) is 0. The third-order valence-corrected chi connectivity index (χ3v) is 5.86. The van der Waals surface area contributed by atoms with E-state index in [9.17, 15) is 0 Å². The van der Waals surface area contributed by atoms with Gasteiger partial charge in [-0.1, -0.05) is 12.1 Å². The molecule has 1 fully saturated rings. The molecule has 0 amide bonds. The molecule has 0 bridgehead atoms. The van der Waals surface area contributed by atoms with Crippen LogP contribution >= 0.6 is 0 Å². The minimum Gasteiger partial charge on any atom is -0.497 e. The maximum atomic E-state index is 5.25. The number of hydrogen-bond acceptors (Lipinski definition) is 4. The Morgan fingerprint density at radius 2 is 2.04 bits per heavy atom. The minimum atomic E-state index is 0.760. The summed E-state index contributed by atoms with van der Waals surface area (Å²) in [5.74, 6) is 1.70. The van der Waals surface area contributed by atoms with Crippen LogP contribution in [0, 0.1) is 12.8 Å². The van der Waals surface area contributed by atoms with Gasteiger partial charge in [0.15, 0.2) is 0 Å². The lowest BCUT2D eigenvalue weighted by atomic mass is 9.97. The van der Waals surface area contributed by atoms with E-state index in [1.165, 1.54) is 42.8 Å². The SMILES string of the molecule is CCn1cc(CN(C)C[C@@H]2CCCN(CCc3ccc(OC)cc3)C2)c(C)n1. The van der Waals surface area contributed by atoms with E-state index in [-0.39, 0.29) is 0 Å². The summed E-state index contributed by atoms with van der Waals surface area (Å²) in [6.45, 7) is 11.0. The molecule has 1 saturated heterocycles. The van der Waals surface area contributed by atoms with Crippen LogP contribution in [0.15, 0.2) is 30.5 Å². The van der Waals surface area contributed by atoms with Gasteiger partial charge in [0.1, 0.15) is 5.75 Å². The van der Waals surface area contributed by atoms with Crippen LogP contribution in [-0.4, -0.2) is 59.9 Å². The van der Waals surface area contributed by atoms with Crippen LogP contribution in [-0.2, 0) is 19.5 Å². The van der Waals surface area contributed by atoms with Gasteiger partial charge in [-0.2, -0.15) is 5.10 Å². The van der Waals surface area contributed by atoms with Gasteiger partial charge in [0, 0.05) is 44.5 Å². The summed E-state index contributed by atoms with van der Waals surface area (Å²) in [5, 5.41) is 4.58. The predicted octanol–water partition coefficient (Wildman–Crippen LogP) is 3.61. The standard InChI is InChI=1S/C23H36N4O/c1-5-27-18-22(19(2)24-27)17-25(3)15-21-7-6-13-26(16-21)14-12-20-8-10-23(28-4)11-9-20/h8-11,18,21H,5-7,12-17H2,1-4H3/t21-/m0/s1. The summed E-state index contributed by atoms with van der Waals surface area (Å²) in [6.07, 6.45) is 5.97. The Morgan fingerprint density at radius 3 is 2.71 bits per heavy atom. The molecule has 1 atom stereocenters. The first kappa shape index (κ1) is 20.9. The average molecular weight is 385 g/mol. The van der Waals surface area contributed by atoms with Crippen molar-refractivity contribution in [3.05, 3.63) is 47.3 Å². The van der Waals surface area contributed by atoms with E-state index in [4.69, 9.17) is 4.74 Å². The van der Waals surface area contributed by atoms with E-state index in [1.807, 2.05) is 4.68 Å². The smallest absolute Gasteiger partial charge is 0.118 e. The largest absolute Gasteiger partial charge is 0.497 e. The molecule has 3 rings (SSSR count). The molecule has 0 saturated carbocycles. The molecule has 2 heterocycles. The van der Waals surface area contributed by atoms with Crippen LogP contribution in [0.5, 0.6) is 5.75 Å². The third-order valence-electron chi connectivity index (χ3n) is 5.86. The first-order valence-electron chi connectivity index (χ1n) is 10.6. The molecular formula is C23H36N4O.